The summed E-state index contributed by atoms with van der Waals surface area (Å²) in [5.74, 6) is 0.810. The average Bonchev–Trinajstić information content (AvgIpc) is 3.40. The topological polar surface area (TPSA) is 59.5 Å². The minimum Gasteiger partial charge on any atom is -0.492 e. The SMILES string of the molecule is Cc1ccc(C)c(OCCN(C2CC2)S(=O)(=O)c2cccnc2)c1. The first kappa shape index (κ1) is 16.9. The van der Waals surface area contributed by atoms with Crippen molar-refractivity contribution < 1.29 is 13.2 Å². The average molecular weight is 346 g/mol. The lowest BCUT2D eigenvalue weighted by Gasteiger charge is -2.22. The fourth-order valence-corrected chi connectivity index (χ4v) is 4.24. The molecule has 0 bridgehead atoms. The van der Waals surface area contributed by atoms with E-state index in [2.05, 4.69) is 4.98 Å². The Kier molecular flexibility index (Phi) is 4.87. The van der Waals surface area contributed by atoms with Gasteiger partial charge in [-0.05, 0) is 56.0 Å². The normalized spacial score (nSPS) is 14.8. The molecule has 5 nitrogen and oxygen atoms in total. The van der Waals surface area contributed by atoms with Crippen LogP contribution in [0.3, 0.4) is 0 Å². The molecule has 1 saturated carbocycles. The summed E-state index contributed by atoms with van der Waals surface area (Å²) in [6.07, 6.45) is 4.78. The van der Waals surface area contributed by atoms with Crippen LogP contribution in [0, 0.1) is 13.8 Å². The summed E-state index contributed by atoms with van der Waals surface area (Å²) in [5.41, 5.74) is 2.17. The molecule has 3 rings (SSSR count). The van der Waals surface area contributed by atoms with E-state index in [1.807, 2.05) is 32.0 Å². The zero-order valence-electron chi connectivity index (χ0n) is 14.0. The van der Waals surface area contributed by atoms with Gasteiger partial charge in [0.2, 0.25) is 10.0 Å². The van der Waals surface area contributed by atoms with E-state index < -0.39 is 10.0 Å². The summed E-state index contributed by atoms with van der Waals surface area (Å²) in [4.78, 5) is 4.16. The Hall–Kier alpha value is -1.92. The number of aromatic nitrogens is 1. The summed E-state index contributed by atoms with van der Waals surface area (Å²) < 4.78 is 33.0. The third-order valence-corrected chi connectivity index (χ3v) is 6.04. The van der Waals surface area contributed by atoms with Crippen LogP contribution in [0.4, 0.5) is 0 Å². The quantitative estimate of drug-likeness (QED) is 0.773. The molecule has 2 aromatic rings. The summed E-state index contributed by atoms with van der Waals surface area (Å²) in [5, 5.41) is 0. The Morgan fingerprint density at radius 1 is 1.25 bits per heavy atom. The second-order valence-electron chi connectivity index (χ2n) is 6.15. The second kappa shape index (κ2) is 6.91. The minimum atomic E-state index is -3.52. The molecule has 0 spiro atoms. The molecule has 1 heterocycles. The molecule has 1 aromatic heterocycles. The van der Waals surface area contributed by atoms with Crippen molar-refractivity contribution in [2.45, 2.75) is 37.6 Å². The Morgan fingerprint density at radius 3 is 2.71 bits per heavy atom. The monoisotopic (exact) mass is 346 g/mol. The van der Waals surface area contributed by atoms with Crippen LogP contribution in [0.5, 0.6) is 5.75 Å². The van der Waals surface area contributed by atoms with E-state index in [-0.39, 0.29) is 10.9 Å². The molecule has 0 saturated heterocycles. The molecule has 6 heteroatoms. The van der Waals surface area contributed by atoms with Gasteiger partial charge in [0.15, 0.2) is 0 Å². The van der Waals surface area contributed by atoms with E-state index in [1.54, 1.807) is 22.6 Å². The highest BCUT2D eigenvalue weighted by atomic mass is 32.2. The van der Waals surface area contributed by atoms with Crippen LogP contribution >= 0.6 is 0 Å². The van der Waals surface area contributed by atoms with Crippen LogP contribution in [-0.2, 0) is 10.0 Å². The van der Waals surface area contributed by atoms with Crippen molar-refractivity contribution in [3.8, 4) is 5.75 Å². The van der Waals surface area contributed by atoms with Gasteiger partial charge in [0.1, 0.15) is 17.3 Å². The molecule has 128 valence electrons. The molecule has 24 heavy (non-hydrogen) atoms. The van der Waals surface area contributed by atoms with Crippen molar-refractivity contribution in [2.24, 2.45) is 0 Å². The van der Waals surface area contributed by atoms with Crippen LogP contribution in [0.15, 0.2) is 47.6 Å². The third kappa shape index (κ3) is 3.76. The Bertz CT molecular complexity index is 802. The maximum atomic E-state index is 12.8. The van der Waals surface area contributed by atoms with Crippen molar-refractivity contribution in [3.63, 3.8) is 0 Å². The zero-order valence-corrected chi connectivity index (χ0v) is 14.8. The smallest absolute Gasteiger partial charge is 0.244 e. The van der Waals surface area contributed by atoms with Gasteiger partial charge >= 0.3 is 0 Å². The van der Waals surface area contributed by atoms with Crippen LogP contribution in [-0.4, -0.2) is 36.9 Å². The van der Waals surface area contributed by atoms with E-state index in [9.17, 15) is 8.42 Å². The summed E-state index contributed by atoms with van der Waals surface area (Å²) in [6.45, 7) is 4.67. The predicted octanol–water partition coefficient (Wildman–Crippen LogP) is 2.93. The lowest BCUT2D eigenvalue weighted by atomic mass is 10.1. The molecule has 1 aliphatic rings. The van der Waals surface area contributed by atoms with Crippen molar-refractivity contribution in [3.05, 3.63) is 53.9 Å². The summed E-state index contributed by atoms with van der Waals surface area (Å²) >= 11 is 0. The lowest BCUT2D eigenvalue weighted by molar-refractivity contribution is 0.267. The van der Waals surface area contributed by atoms with E-state index >= 15 is 0 Å². The number of nitrogens with zero attached hydrogens (tertiary/aromatic N) is 2. The number of hydrogen-bond acceptors (Lipinski definition) is 4. The van der Waals surface area contributed by atoms with E-state index in [0.29, 0.717) is 13.2 Å². The van der Waals surface area contributed by atoms with Gasteiger partial charge in [-0.25, -0.2) is 8.42 Å². The summed E-state index contributed by atoms with van der Waals surface area (Å²) in [6, 6.07) is 9.33. The fraction of sp³-hybridized carbons (Fsp3) is 0.389. The molecular weight excluding hydrogens is 324 g/mol. The van der Waals surface area contributed by atoms with Gasteiger partial charge in [0.25, 0.3) is 0 Å². The van der Waals surface area contributed by atoms with Crippen LogP contribution in [0.2, 0.25) is 0 Å². The lowest BCUT2D eigenvalue weighted by Crippen LogP contribution is -2.36. The number of sulfonamides is 1. The van der Waals surface area contributed by atoms with Gasteiger partial charge in [-0.3, -0.25) is 4.98 Å². The third-order valence-electron chi connectivity index (χ3n) is 4.11. The molecular formula is C18H22N2O3S. The first-order valence-electron chi connectivity index (χ1n) is 8.10. The molecule has 1 fully saturated rings. The van der Waals surface area contributed by atoms with Crippen molar-refractivity contribution in [1.29, 1.82) is 0 Å². The van der Waals surface area contributed by atoms with E-state index in [0.717, 1.165) is 29.7 Å². The Morgan fingerprint density at radius 2 is 2.04 bits per heavy atom. The number of rotatable bonds is 7. The minimum absolute atomic E-state index is 0.0809. The number of pyridine rings is 1. The van der Waals surface area contributed by atoms with Crippen LogP contribution in [0.1, 0.15) is 24.0 Å². The number of hydrogen-bond donors (Lipinski definition) is 0. The first-order chi connectivity index (χ1) is 11.5. The Balaban J connectivity index is 1.70. The van der Waals surface area contributed by atoms with Gasteiger partial charge in [0, 0.05) is 25.0 Å². The Labute approximate surface area is 143 Å². The highest BCUT2D eigenvalue weighted by Gasteiger charge is 2.38. The van der Waals surface area contributed by atoms with Crippen molar-refractivity contribution in [1.82, 2.24) is 9.29 Å². The van der Waals surface area contributed by atoms with Crippen molar-refractivity contribution >= 4 is 10.0 Å². The highest BCUT2D eigenvalue weighted by molar-refractivity contribution is 7.89. The van der Waals surface area contributed by atoms with Gasteiger partial charge in [-0.1, -0.05) is 12.1 Å². The molecule has 1 aromatic carbocycles. The molecule has 0 atom stereocenters. The van der Waals surface area contributed by atoms with Crippen molar-refractivity contribution in [2.75, 3.05) is 13.2 Å². The number of benzene rings is 1. The van der Waals surface area contributed by atoms with E-state index in [4.69, 9.17) is 4.74 Å². The fourth-order valence-electron chi connectivity index (χ4n) is 2.60. The number of ether oxygens (including phenoxy) is 1. The predicted molar refractivity (Wildman–Crippen MR) is 92.6 cm³/mol. The molecule has 1 aliphatic carbocycles. The van der Waals surface area contributed by atoms with Gasteiger partial charge in [-0.2, -0.15) is 4.31 Å². The first-order valence-corrected chi connectivity index (χ1v) is 9.54. The van der Waals surface area contributed by atoms with Gasteiger partial charge < -0.3 is 4.74 Å². The highest BCUT2D eigenvalue weighted by Crippen LogP contribution is 2.31. The summed E-state index contributed by atoms with van der Waals surface area (Å²) in [7, 11) is -3.52. The maximum absolute atomic E-state index is 12.8. The standard InChI is InChI=1S/C18H22N2O3S/c1-14-5-6-15(2)18(12-14)23-11-10-20(16-7-8-16)24(21,22)17-4-3-9-19-13-17/h3-6,9,12-13,16H,7-8,10-11H2,1-2H3. The van der Waals surface area contributed by atoms with Crippen LogP contribution in [0.25, 0.3) is 0 Å². The largest absolute Gasteiger partial charge is 0.492 e. The molecule has 0 aliphatic heterocycles. The maximum Gasteiger partial charge on any atom is 0.244 e. The molecule has 0 amide bonds. The number of aryl methyl sites for hydroxylation is 2. The van der Waals surface area contributed by atoms with Gasteiger partial charge in [0.05, 0.1) is 0 Å². The molecule has 0 radical (unpaired) electrons. The van der Waals surface area contributed by atoms with Gasteiger partial charge in [-0.15, -0.1) is 0 Å². The zero-order chi connectivity index (χ0) is 17.2. The molecule has 0 N–H and O–H groups in total. The van der Waals surface area contributed by atoms with Crippen LogP contribution < -0.4 is 4.74 Å². The second-order valence-corrected chi connectivity index (χ2v) is 8.04. The van der Waals surface area contributed by atoms with E-state index in [1.165, 1.54) is 6.20 Å². The molecule has 0 unspecified atom stereocenters.